The lowest BCUT2D eigenvalue weighted by atomic mass is 9.85. The Hall–Kier alpha value is -3.28. The number of fused-ring (bicyclic) bond motifs is 1. The molecule has 5 N–H and O–H groups in total. The predicted molar refractivity (Wildman–Crippen MR) is 213 cm³/mol. The first-order valence-corrected chi connectivity index (χ1v) is 21.7. The molecule has 2 aromatic rings. The molecule has 2 fully saturated rings. The number of hydrogen-bond acceptors (Lipinski definition) is 9. The number of esters is 1. The van der Waals surface area contributed by atoms with Crippen LogP contribution in [0.1, 0.15) is 62.3 Å². The van der Waals surface area contributed by atoms with Gasteiger partial charge in [-0.3, -0.25) is 4.79 Å². The van der Waals surface area contributed by atoms with Gasteiger partial charge in [0.05, 0.1) is 16.9 Å². The third-order valence-corrected chi connectivity index (χ3v) is 13.6. The van der Waals surface area contributed by atoms with Crippen LogP contribution < -0.4 is 24.9 Å². The van der Waals surface area contributed by atoms with Crippen molar-refractivity contribution in [2.45, 2.75) is 96.3 Å². The van der Waals surface area contributed by atoms with E-state index in [0.717, 1.165) is 0 Å². The number of carbonyl (C=O) groups excluding carboxylic acids is 3. The highest BCUT2D eigenvalue weighted by Crippen LogP contribution is 2.65. The maximum absolute atomic E-state index is 13.8. The van der Waals surface area contributed by atoms with Crippen LogP contribution in [0, 0.1) is 34.5 Å². The first-order chi connectivity index (χ1) is 25.5. The number of halogens is 1. The van der Waals surface area contributed by atoms with E-state index in [-0.39, 0.29) is 63.9 Å². The highest BCUT2D eigenvalue weighted by atomic mass is 35.5. The molecule has 2 aliphatic rings. The summed E-state index contributed by atoms with van der Waals surface area (Å²) in [7, 11) is -5.88. The summed E-state index contributed by atoms with van der Waals surface area (Å²) in [5.41, 5.74) is -0.700. The Balaban J connectivity index is 0.000000399. The molecule has 308 valence electrons. The number of hydrogen-bond donors (Lipinski definition) is 5. The third kappa shape index (κ3) is 11.9. The fourth-order valence-corrected chi connectivity index (χ4v) is 9.17. The second kappa shape index (κ2) is 18.8. The molecule has 0 radical (unpaired) electrons. The first kappa shape index (κ1) is 46.1. The Morgan fingerprint density at radius 2 is 1.27 bits per heavy atom. The van der Waals surface area contributed by atoms with Gasteiger partial charge in [0.1, 0.15) is 12.1 Å². The minimum atomic E-state index is -3.75. The summed E-state index contributed by atoms with van der Waals surface area (Å²) in [5, 5.41) is 5.63. The van der Waals surface area contributed by atoms with E-state index in [2.05, 4.69) is 38.8 Å². The SMILES string of the molecule is CC(C)[C@@H](CNS(=O)(=O)c1ccccc1)NCl.COC(=O)[C@@H]1[C@@H]2[C@H](CN1C(=O)[C@@H](NC(=O)N[C@H](CNS(=O)(=O)c1ccccc1)C(C)C)C(C)(C)C)C2(C)C. The number of ether oxygens (including phenoxy) is 1. The van der Waals surface area contributed by atoms with Crippen molar-refractivity contribution in [1.82, 2.24) is 29.8 Å². The van der Waals surface area contributed by atoms with Crippen LogP contribution in [0.25, 0.3) is 0 Å². The molecule has 14 nitrogen and oxygen atoms in total. The van der Waals surface area contributed by atoms with Gasteiger partial charge in [0.2, 0.25) is 26.0 Å². The molecule has 1 saturated heterocycles. The Labute approximate surface area is 332 Å². The number of nitrogens with one attached hydrogen (secondary N) is 5. The smallest absolute Gasteiger partial charge is 0.328 e. The van der Waals surface area contributed by atoms with Crippen molar-refractivity contribution in [3.05, 3.63) is 60.7 Å². The Morgan fingerprint density at radius 3 is 1.67 bits per heavy atom. The summed E-state index contributed by atoms with van der Waals surface area (Å²) in [6.07, 6.45) is 0. The first-order valence-electron chi connectivity index (χ1n) is 18.4. The van der Waals surface area contributed by atoms with Crippen LogP contribution in [-0.2, 0) is 34.4 Å². The van der Waals surface area contributed by atoms with Crippen molar-refractivity contribution in [3.8, 4) is 0 Å². The van der Waals surface area contributed by atoms with Crippen molar-refractivity contribution in [3.63, 3.8) is 0 Å². The van der Waals surface area contributed by atoms with Crippen LogP contribution in [0.15, 0.2) is 70.5 Å². The van der Waals surface area contributed by atoms with Gasteiger partial charge in [-0.15, -0.1) is 0 Å². The summed E-state index contributed by atoms with van der Waals surface area (Å²) in [6, 6.07) is 13.4. The van der Waals surface area contributed by atoms with Gasteiger partial charge in [-0.2, -0.15) is 0 Å². The molecule has 4 rings (SSSR count). The van der Waals surface area contributed by atoms with Crippen LogP contribution >= 0.6 is 11.8 Å². The molecule has 1 saturated carbocycles. The lowest BCUT2D eigenvalue weighted by Gasteiger charge is -2.37. The molecule has 17 heteroatoms. The maximum Gasteiger partial charge on any atom is 0.328 e. The molecule has 0 aromatic heterocycles. The van der Waals surface area contributed by atoms with Gasteiger partial charge in [0, 0.05) is 37.6 Å². The Kier molecular flexibility index (Phi) is 15.7. The van der Waals surface area contributed by atoms with Gasteiger partial charge in [-0.25, -0.2) is 40.7 Å². The van der Waals surface area contributed by atoms with Crippen molar-refractivity contribution < 1.29 is 36.0 Å². The van der Waals surface area contributed by atoms with E-state index in [1.807, 2.05) is 48.5 Å². The quantitative estimate of drug-likeness (QED) is 0.130. The number of piperidine rings is 1. The molecule has 6 atom stereocenters. The number of methoxy groups -OCH3 is 1. The van der Waals surface area contributed by atoms with Crippen LogP contribution in [0.5, 0.6) is 0 Å². The van der Waals surface area contributed by atoms with Crippen LogP contribution in [0.4, 0.5) is 4.79 Å². The highest BCUT2D eigenvalue weighted by Gasteiger charge is 2.70. The summed E-state index contributed by atoms with van der Waals surface area (Å²) in [5.74, 6) is -0.411. The van der Waals surface area contributed by atoms with Crippen molar-refractivity contribution in [2.24, 2.45) is 34.5 Å². The van der Waals surface area contributed by atoms with Gasteiger partial charge in [0.15, 0.2) is 0 Å². The second-order valence-corrected chi connectivity index (χ2v) is 20.2. The van der Waals surface area contributed by atoms with Crippen LogP contribution in [-0.4, -0.2) is 90.6 Å². The zero-order valence-electron chi connectivity index (χ0n) is 33.4. The fourth-order valence-electron chi connectivity index (χ4n) is 6.68. The van der Waals surface area contributed by atoms with E-state index in [0.29, 0.717) is 6.54 Å². The van der Waals surface area contributed by atoms with Crippen molar-refractivity contribution in [2.75, 3.05) is 26.7 Å². The minimum Gasteiger partial charge on any atom is -0.467 e. The average Bonchev–Trinajstić information content (AvgIpc) is 3.42. The average molecular weight is 828 g/mol. The monoisotopic (exact) mass is 826 g/mol. The maximum atomic E-state index is 13.8. The number of amides is 3. The van der Waals surface area contributed by atoms with Gasteiger partial charge >= 0.3 is 12.0 Å². The number of nitrogens with zero attached hydrogens (tertiary/aromatic N) is 1. The van der Waals surface area contributed by atoms with Crippen LogP contribution in [0.3, 0.4) is 0 Å². The molecule has 1 heterocycles. The predicted octanol–water partition coefficient (Wildman–Crippen LogP) is 4.09. The largest absolute Gasteiger partial charge is 0.467 e. The van der Waals surface area contributed by atoms with E-state index < -0.39 is 55.6 Å². The molecule has 3 amide bonds. The van der Waals surface area contributed by atoms with Gasteiger partial charge < -0.3 is 20.3 Å². The molecule has 1 aliphatic heterocycles. The summed E-state index contributed by atoms with van der Waals surface area (Å²) in [6.45, 7) is 18.1. The van der Waals surface area contributed by atoms with Crippen molar-refractivity contribution >= 4 is 49.7 Å². The number of likely N-dealkylation sites (tertiary alicyclic amines) is 1. The van der Waals surface area contributed by atoms with E-state index in [1.54, 1.807) is 53.4 Å². The topological polar surface area (TPSA) is 192 Å². The van der Waals surface area contributed by atoms with Gasteiger partial charge in [0.25, 0.3) is 0 Å². The molecule has 0 unspecified atom stereocenters. The molecule has 0 bridgehead atoms. The lowest BCUT2D eigenvalue weighted by Crippen LogP contribution is -2.61. The molecule has 1 aliphatic carbocycles. The third-order valence-electron chi connectivity index (χ3n) is 10.5. The standard InChI is InChI=1S/C27H42N4O6S.C11H17ClN2O2S/c1-16(2)19(14-28-38(35,36)17-12-10-9-11-13-17)29-25(34)30-22(26(3,4)5)23(32)31-15-18-20(27(18,6)7)21(31)24(33)37-8;1-9(2)11(14-12)8-13-17(15,16)10-6-4-3-5-7-10/h9-13,16,18-22,28H,14-15H2,1-8H3,(H2,29,30,34);3-7,9,11,13-14H,8H2,1-2H3/t18-,19+,20-,21-,22+;11-/m01/s1. The minimum absolute atomic E-state index is 0.0224. The normalized spacial score (nSPS) is 20.7. The van der Waals surface area contributed by atoms with E-state index in [9.17, 15) is 31.2 Å². The number of rotatable bonds is 15. The number of benzene rings is 2. The summed E-state index contributed by atoms with van der Waals surface area (Å²) < 4.78 is 59.2. The van der Waals surface area contributed by atoms with E-state index in [1.165, 1.54) is 19.2 Å². The number of carbonyl (C=O) groups is 3. The molecule has 2 aromatic carbocycles. The van der Waals surface area contributed by atoms with Crippen LogP contribution in [0.2, 0.25) is 0 Å². The van der Waals surface area contributed by atoms with E-state index in [4.69, 9.17) is 16.5 Å². The van der Waals surface area contributed by atoms with Gasteiger partial charge in [-0.05, 0) is 64.6 Å². The van der Waals surface area contributed by atoms with Crippen molar-refractivity contribution in [1.29, 1.82) is 0 Å². The zero-order valence-corrected chi connectivity index (χ0v) is 35.8. The highest BCUT2D eigenvalue weighted by molar-refractivity contribution is 7.89. The number of urea groups is 1. The Morgan fingerprint density at radius 1 is 0.818 bits per heavy atom. The lowest BCUT2D eigenvalue weighted by molar-refractivity contribution is -0.154. The molecular formula is C38H59ClN6O8S2. The summed E-state index contributed by atoms with van der Waals surface area (Å²) >= 11 is 5.55. The Bertz CT molecular complexity index is 1820. The molecular weight excluding hydrogens is 768 g/mol. The summed E-state index contributed by atoms with van der Waals surface area (Å²) in [4.78, 5) is 44.0. The fraction of sp³-hybridized carbons (Fsp3) is 0.605. The van der Waals surface area contributed by atoms with E-state index >= 15 is 0 Å². The second-order valence-electron chi connectivity index (χ2n) is 16.5. The number of sulfonamides is 2. The zero-order chi connectivity index (χ0) is 41.5. The molecule has 0 spiro atoms. The molecule has 55 heavy (non-hydrogen) atoms. The van der Waals surface area contributed by atoms with Gasteiger partial charge in [-0.1, -0.05) is 98.7 Å².